The highest BCUT2D eigenvalue weighted by Gasteiger charge is 2.24. The van der Waals surface area contributed by atoms with Crippen LogP contribution in [0.25, 0.3) is 16.9 Å². The van der Waals surface area contributed by atoms with Gasteiger partial charge in [-0.05, 0) is 48.9 Å². The molecule has 0 spiro atoms. The highest BCUT2D eigenvalue weighted by Crippen LogP contribution is 2.36. The molecular formula is C21H14Cl4N4O. The first-order chi connectivity index (χ1) is 14.3. The molecule has 2 heterocycles. The van der Waals surface area contributed by atoms with Gasteiger partial charge in [-0.15, -0.1) is 0 Å². The molecule has 0 saturated carbocycles. The quantitative estimate of drug-likeness (QED) is 0.347. The minimum Gasteiger partial charge on any atom is -0.382 e. The van der Waals surface area contributed by atoms with Crippen molar-refractivity contribution >= 4 is 46.4 Å². The van der Waals surface area contributed by atoms with Crippen LogP contribution in [0.5, 0.6) is 0 Å². The molecule has 4 rings (SSSR count). The van der Waals surface area contributed by atoms with Crippen molar-refractivity contribution in [2.45, 2.75) is 13.0 Å². The largest absolute Gasteiger partial charge is 0.382 e. The van der Waals surface area contributed by atoms with Gasteiger partial charge in [0.05, 0.1) is 22.1 Å². The van der Waals surface area contributed by atoms with E-state index in [2.05, 4.69) is 15.1 Å². The second kappa shape index (κ2) is 8.53. The number of hydrogen-bond acceptors (Lipinski definition) is 4. The number of rotatable bonds is 4. The summed E-state index contributed by atoms with van der Waals surface area (Å²) in [7, 11) is 0. The molecule has 4 aromatic rings. The van der Waals surface area contributed by atoms with E-state index < -0.39 is 6.10 Å². The first kappa shape index (κ1) is 21.1. The Morgan fingerprint density at radius 1 is 0.900 bits per heavy atom. The van der Waals surface area contributed by atoms with E-state index in [1.54, 1.807) is 35.0 Å². The zero-order valence-electron chi connectivity index (χ0n) is 15.5. The molecule has 0 radical (unpaired) electrons. The summed E-state index contributed by atoms with van der Waals surface area (Å²) in [5, 5.41) is 17.3. The maximum Gasteiger partial charge on any atom is 0.222 e. The molecule has 1 atom stereocenters. The zero-order chi connectivity index (χ0) is 21.4. The van der Waals surface area contributed by atoms with Crippen molar-refractivity contribution in [2.24, 2.45) is 0 Å². The Labute approximate surface area is 192 Å². The molecule has 0 saturated heterocycles. The SMILES string of the molecule is Cc1c(C(O)c2cnc(Cl)nc2)nn(-c2ccc(Cl)cc2Cl)c1-c1ccc(Cl)cc1. The molecule has 9 heteroatoms. The van der Waals surface area contributed by atoms with Crippen molar-refractivity contribution in [2.75, 3.05) is 0 Å². The third-order valence-corrected chi connectivity index (χ3v) is 5.61. The lowest BCUT2D eigenvalue weighted by molar-refractivity contribution is 0.213. The molecule has 0 aliphatic heterocycles. The molecule has 2 aromatic heterocycles. The Morgan fingerprint density at radius 3 is 2.17 bits per heavy atom. The summed E-state index contributed by atoms with van der Waals surface area (Å²) in [5.74, 6) is 0. The average molecular weight is 480 g/mol. The van der Waals surface area contributed by atoms with Gasteiger partial charge in [0.25, 0.3) is 0 Å². The van der Waals surface area contributed by atoms with Gasteiger partial charge < -0.3 is 5.11 Å². The molecule has 0 bridgehead atoms. The molecular weight excluding hydrogens is 466 g/mol. The number of benzene rings is 2. The maximum absolute atomic E-state index is 11.0. The smallest absolute Gasteiger partial charge is 0.222 e. The monoisotopic (exact) mass is 478 g/mol. The lowest BCUT2D eigenvalue weighted by Gasteiger charge is -2.11. The summed E-state index contributed by atoms with van der Waals surface area (Å²) in [4.78, 5) is 7.89. The molecule has 5 nitrogen and oxygen atoms in total. The number of aliphatic hydroxyl groups is 1. The van der Waals surface area contributed by atoms with E-state index in [-0.39, 0.29) is 5.28 Å². The van der Waals surface area contributed by atoms with Crippen LogP contribution in [-0.2, 0) is 0 Å². The minimum absolute atomic E-state index is 0.100. The number of aliphatic hydroxyl groups excluding tert-OH is 1. The van der Waals surface area contributed by atoms with Crippen LogP contribution in [0.2, 0.25) is 20.4 Å². The van der Waals surface area contributed by atoms with Gasteiger partial charge in [-0.3, -0.25) is 0 Å². The standard InChI is InChI=1S/C21H14Cl4N4O/c1-11-18(20(30)13-9-26-21(25)27-10-13)28-29(17-7-6-15(23)8-16(17)24)19(11)12-2-4-14(22)5-3-12/h2-10,20,30H,1H3. The summed E-state index contributed by atoms with van der Waals surface area (Å²) in [6.45, 7) is 1.88. The van der Waals surface area contributed by atoms with Gasteiger partial charge in [0.15, 0.2) is 0 Å². The fraction of sp³-hybridized carbons (Fsp3) is 0.0952. The Hall–Kier alpha value is -2.15. The summed E-state index contributed by atoms with van der Waals surface area (Å²) >= 11 is 24.4. The lowest BCUT2D eigenvalue weighted by atomic mass is 10.0. The van der Waals surface area contributed by atoms with Gasteiger partial charge in [0, 0.05) is 39.1 Å². The Balaban J connectivity index is 1.93. The van der Waals surface area contributed by atoms with Gasteiger partial charge in [-0.2, -0.15) is 5.10 Å². The van der Waals surface area contributed by atoms with Gasteiger partial charge in [-0.1, -0.05) is 46.9 Å². The second-order valence-electron chi connectivity index (χ2n) is 6.56. The van der Waals surface area contributed by atoms with Crippen LogP contribution in [0.15, 0.2) is 54.9 Å². The predicted molar refractivity (Wildman–Crippen MR) is 120 cm³/mol. The molecule has 1 unspecified atom stereocenters. The topological polar surface area (TPSA) is 63.8 Å². The molecule has 0 amide bonds. The summed E-state index contributed by atoms with van der Waals surface area (Å²) in [6.07, 6.45) is 1.88. The third kappa shape index (κ3) is 4.04. The average Bonchev–Trinajstić information content (AvgIpc) is 3.05. The van der Waals surface area contributed by atoms with Crippen LogP contribution in [0.4, 0.5) is 0 Å². The zero-order valence-corrected chi connectivity index (χ0v) is 18.5. The second-order valence-corrected chi connectivity index (χ2v) is 8.18. The Kier molecular flexibility index (Phi) is 6.00. The molecule has 152 valence electrons. The van der Waals surface area contributed by atoms with E-state index in [0.29, 0.717) is 32.0 Å². The van der Waals surface area contributed by atoms with E-state index in [1.165, 1.54) is 12.4 Å². The lowest BCUT2D eigenvalue weighted by Crippen LogP contribution is -2.05. The van der Waals surface area contributed by atoms with Crippen LogP contribution in [0.3, 0.4) is 0 Å². The van der Waals surface area contributed by atoms with E-state index in [0.717, 1.165) is 16.8 Å². The van der Waals surface area contributed by atoms with Crippen molar-refractivity contribution in [1.82, 2.24) is 19.7 Å². The molecule has 0 aliphatic carbocycles. The molecule has 0 aliphatic rings. The summed E-state index contributed by atoms with van der Waals surface area (Å²) in [6, 6.07) is 12.5. The predicted octanol–water partition coefficient (Wildman–Crippen LogP) is 6.33. The van der Waals surface area contributed by atoms with E-state index in [9.17, 15) is 5.11 Å². The Morgan fingerprint density at radius 2 is 1.53 bits per heavy atom. The van der Waals surface area contributed by atoms with E-state index in [4.69, 9.17) is 46.4 Å². The number of nitrogens with zero attached hydrogens (tertiary/aromatic N) is 4. The van der Waals surface area contributed by atoms with Crippen LogP contribution in [0, 0.1) is 6.92 Å². The van der Waals surface area contributed by atoms with Crippen molar-refractivity contribution in [3.8, 4) is 16.9 Å². The number of hydrogen-bond donors (Lipinski definition) is 1. The van der Waals surface area contributed by atoms with Gasteiger partial charge >= 0.3 is 0 Å². The normalized spacial score (nSPS) is 12.2. The Bertz CT molecular complexity index is 1210. The van der Waals surface area contributed by atoms with E-state index in [1.807, 2.05) is 19.1 Å². The van der Waals surface area contributed by atoms with Gasteiger partial charge in [0.2, 0.25) is 5.28 Å². The van der Waals surface area contributed by atoms with Gasteiger partial charge in [-0.25, -0.2) is 14.6 Å². The van der Waals surface area contributed by atoms with Crippen LogP contribution >= 0.6 is 46.4 Å². The number of aromatic nitrogens is 4. The molecule has 0 fully saturated rings. The van der Waals surface area contributed by atoms with Crippen LogP contribution < -0.4 is 0 Å². The summed E-state index contributed by atoms with van der Waals surface area (Å²) in [5.41, 5.74) is 3.93. The molecule has 1 N–H and O–H groups in total. The number of halogens is 4. The first-order valence-corrected chi connectivity index (χ1v) is 10.3. The van der Waals surface area contributed by atoms with Crippen molar-refractivity contribution < 1.29 is 5.11 Å². The van der Waals surface area contributed by atoms with Crippen LogP contribution in [0.1, 0.15) is 22.9 Å². The first-order valence-electron chi connectivity index (χ1n) is 8.81. The molecule has 2 aromatic carbocycles. The van der Waals surface area contributed by atoms with E-state index >= 15 is 0 Å². The van der Waals surface area contributed by atoms with Gasteiger partial charge in [0.1, 0.15) is 6.10 Å². The fourth-order valence-electron chi connectivity index (χ4n) is 3.17. The fourth-order valence-corrected chi connectivity index (χ4v) is 3.88. The third-order valence-electron chi connectivity index (χ3n) is 4.63. The van der Waals surface area contributed by atoms with Crippen molar-refractivity contribution in [1.29, 1.82) is 0 Å². The molecule has 30 heavy (non-hydrogen) atoms. The van der Waals surface area contributed by atoms with Crippen molar-refractivity contribution in [3.05, 3.63) is 92.0 Å². The van der Waals surface area contributed by atoms with Crippen LogP contribution in [-0.4, -0.2) is 24.9 Å². The highest BCUT2D eigenvalue weighted by atomic mass is 35.5. The minimum atomic E-state index is -1.05. The van der Waals surface area contributed by atoms with Crippen molar-refractivity contribution in [3.63, 3.8) is 0 Å². The highest BCUT2D eigenvalue weighted by molar-refractivity contribution is 6.35. The summed E-state index contributed by atoms with van der Waals surface area (Å²) < 4.78 is 1.69. The maximum atomic E-state index is 11.0.